The Morgan fingerprint density at radius 3 is 2.51 bits per heavy atom. The number of hydrogen-bond acceptors (Lipinski definition) is 6. The average molecular weight is 534 g/mol. The van der Waals surface area contributed by atoms with Crippen LogP contribution in [0.4, 0.5) is 13.2 Å². The predicted octanol–water partition coefficient (Wildman–Crippen LogP) is 4.98. The minimum atomic E-state index is -4.43. The smallest absolute Gasteiger partial charge is 0.391 e. The van der Waals surface area contributed by atoms with E-state index in [0.717, 1.165) is 16.0 Å². The number of nitrogens with one attached hydrogen (secondary N) is 1. The van der Waals surface area contributed by atoms with Crippen LogP contribution in [0.5, 0.6) is 5.75 Å². The van der Waals surface area contributed by atoms with Gasteiger partial charge in [-0.1, -0.05) is 37.3 Å². The van der Waals surface area contributed by atoms with E-state index in [2.05, 4.69) is 5.32 Å². The first-order valence-corrected chi connectivity index (χ1v) is 13.9. The van der Waals surface area contributed by atoms with Gasteiger partial charge in [-0.05, 0) is 48.6 Å². The zero-order valence-electron chi connectivity index (χ0n) is 19.2. The largest absolute Gasteiger partial charge is 0.494 e. The van der Waals surface area contributed by atoms with Gasteiger partial charge in [0, 0.05) is 16.2 Å². The maximum absolute atomic E-state index is 12.8. The summed E-state index contributed by atoms with van der Waals surface area (Å²) >= 11 is 1.45. The molecule has 3 rings (SSSR count). The molecule has 2 aromatic carbocycles. The minimum Gasteiger partial charge on any atom is -0.494 e. The summed E-state index contributed by atoms with van der Waals surface area (Å²) in [7, 11) is -4.06. The monoisotopic (exact) mass is 533 g/mol. The van der Waals surface area contributed by atoms with Crippen molar-refractivity contribution in [3.63, 3.8) is 0 Å². The number of thioether (sulfide) groups is 1. The Labute approximate surface area is 208 Å². The Bertz CT molecular complexity index is 1070. The molecule has 6 nitrogen and oxygen atoms in total. The van der Waals surface area contributed by atoms with Gasteiger partial charge < -0.3 is 15.2 Å². The molecule has 11 heteroatoms. The molecule has 0 spiro atoms. The number of benzene rings is 2. The molecule has 0 bridgehead atoms. The minimum absolute atomic E-state index is 0.00941. The lowest BCUT2D eigenvalue weighted by Crippen LogP contribution is -2.40. The van der Waals surface area contributed by atoms with E-state index in [4.69, 9.17) is 9.29 Å². The van der Waals surface area contributed by atoms with Gasteiger partial charge in [0.2, 0.25) is 0 Å². The lowest BCUT2D eigenvalue weighted by molar-refractivity contribution is -0.154. The van der Waals surface area contributed by atoms with E-state index in [-0.39, 0.29) is 36.8 Å². The van der Waals surface area contributed by atoms with E-state index in [0.29, 0.717) is 12.2 Å². The molecule has 4 atom stereocenters. The number of rotatable bonds is 10. The van der Waals surface area contributed by atoms with Gasteiger partial charge in [0.15, 0.2) is 0 Å². The molecular formula is C24H30F3NO5S2. The van der Waals surface area contributed by atoms with Crippen molar-refractivity contribution in [2.75, 3.05) is 12.4 Å². The molecule has 0 saturated heterocycles. The molecule has 0 aromatic heterocycles. The molecule has 1 heterocycles. The third kappa shape index (κ3) is 8.68. The second kappa shape index (κ2) is 12.0. The zero-order chi connectivity index (χ0) is 25.6. The van der Waals surface area contributed by atoms with Gasteiger partial charge in [-0.2, -0.15) is 21.6 Å². The first-order chi connectivity index (χ1) is 16.4. The van der Waals surface area contributed by atoms with E-state index in [1.54, 1.807) is 6.07 Å². The summed E-state index contributed by atoms with van der Waals surface area (Å²) in [6, 6.07) is 14.7. The maximum atomic E-state index is 12.8. The van der Waals surface area contributed by atoms with Crippen molar-refractivity contribution in [1.29, 1.82) is 0 Å². The molecule has 3 N–H and O–H groups in total. The van der Waals surface area contributed by atoms with Gasteiger partial charge in [0.1, 0.15) is 5.75 Å². The van der Waals surface area contributed by atoms with E-state index < -0.39 is 34.6 Å². The van der Waals surface area contributed by atoms with Crippen molar-refractivity contribution in [3.8, 4) is 5.75 Å². The van der Waals surface area contributed by atoms with Gasteiger partial charge in [-0.3, -0.25) is 4.55 Å². The van der Waals surface area contributed by atoms with Crippen LogP contribution in [-0.4, -0.2) is 54.0 Å². The average Bonchev–Trinajstić information content (AvgIpc) is 2.91. The van der Waals surface area contributed by atoms with Crippen LogP contribution in [0.25, 0.3) is 0 Å². The summed E-state index contributed by atoms with van der Waals surface area (Å²) in [4.78, 5) is 0.872. The Hall–Kier alpha value is -1.79. The third-order valence-electron chi connectivity index (χ3n) is 5.76. The fourth-order valence-electron chi connectivity index (χ4n) is 4.17. The van der Waals surface area contributed by atoms with Gasteiger partial charge in [-0.25, -0.2) is 0 Å². The zero-order valence-corrected chi connectivity index (χ0v) is 20.9. The molecule has 35 heavy (non-hydrogen) atoms. The van der Waals surface area contributed by atoms with Crippen molar-refractivity contribution in [2.45, 2.75) is 67.1 Å². The summed E-state index contributed by atoms with van der Waals surface area (Å²) in [6.07, 6.45) is -6.40. The van der Waals surface area contributed by atoms with E-state index >= 15 is 0 Å². The number of fused-ring (bicyclic) bond motifs is 1. The molecule has 2 aromatic rings. The molecule has 0 radical (unpaired) electrons. The summed E-state index contributed by atoms with van der Waals surface area (Å²) in [5.74, 6) is 0.119. The van der Waals surface area contributed by atoms with E-state index in [1.165, 1.54) is 11.8 Å². The van der Waals surface area contributed by atoms with Crippen LogP contribution in [0.3, 0.4) is 0 Å². The van der Waals surface area contributed by atoms with E-state index in [9.17, 15) is 26.7 Å². The van der Waals surface area contributed by atoms with Crippen molar-refractivity contribution < 1.29 is 36.0 Å². The van der Waals surface area contributed by atoms with Crippen LogP contribution in [0.1, 0.15) is 49.8 Å². The molecule has 194 valence electrons. The van der Waals surface area contributed by atoms with Crippen LogP contribution in [0.15, 0.2) is 53.4 Å². The van der Waals surface area contributed by atoms with Crippen LogP contribution >= 0.6 is 11.8 Å². The fraction of sp³-hybridized carbons (Fsp3) is 0.500. The normalized spacial score (nSPS) is 21.7. The molecule has 0 saturated carbocycles. The number of aliphatic hydroxyl groups is 1. The fourth-order valence-corrected chi connectivity index (χ4v) is 6.19. The molecule has 1 aliphatic heterocycles. The molecule has 0 aliphatic carbocycles. The predicted molar refractivity (Wildman–Crippen MR) is 129 cm³/mol. The second-order valence-electron chi connectivity index (χ2n) is 8.58. The summed E-state index contributed by atoms with van der Waals surface area (Å²) in [5.41, 5.74) is 1.87. The van der Waals surface area contributed by atoms with Gasteiger partial charge in [0.05, 0.1) is 30.9 Å². The van der Waals surface area contributed by atoms with Gasteiger partial charge >= 0.3 is 6.18 Å². The van der Waals surface area contributed by atoms with Gasteiger partial charge in [-0.15, -0.1) is 11.8 Å². The Kier molecular flexibility index (Phi) is 9.50. The standard InChI is InChI=1S/C24H30F3NO5S2/c1-2-20-22(13-17(29)15-24(25,26)27)34-21-10-9-18(33-11-6-12-35(30,31)32)14-19(21)23(28-20)16-7-4-3-5-8-16/h3-5,7-10,14,17,20,22-23,28-29H,2,6,11-13,15H2,1H3,(H,30,31,32). The molecular weight excluding hydrogens is 503 g/mol. The maximum Gasteiger partial charge on any atom is 0.391 e. The summed E-state index contributed by atoms with van der Waals surface area (Å²) in [5, 5.41) is 13.5. The number of ether oxygens (including phenoxy) is 1. The summed E-state index contributed by atoms with van der Waals surface area (Å²) in [6.45, 7) is 2.06. The van der Waals surface area contributed by atoms with Crippen LogP contribution in [-0.2, 0) is 10.1 Å². The topological polar surface area (TPSA) is 95.9 Å². The quantitative estimate of drug-likeness (QED) is 0.293. The summed E-state index contributed by atoms with van der Waals surface area (Å²) < 4.78 is 75.0. The molecule has 0 fully saturated rings. The van der Waals surface area contributed by atoms with Crippen molar-refractivity contribution in [3.05, 3.63) is 59.7 Å². The first kappa shape index (κ1) is 27.8. The van der Waals surface area contributed by atoms with Crippen LogP contribution in [0.2, 0.25) is 0 Å². The first-order valence-electron chi connectivity index (χ1n) is 11.4. The number of halogens is 3. The lowest BCUT2D eigenvalue weighted by Gasteiger charge is -2.29. The highest BCUT2D eigenvalue weighted by Crippen LogP contribution is 2.42. The molecule has 4 unspecified atom stereocenters. The van der Waals surface area contributed by atoms with Crippen LogP contribution < -0.4 is 10.1 Å². The highest BCUT2D eigenvalue weighted by molar-refractivity contribution is 8.00. The number of alkyl halides is 3. The SMILES string of the molecule is CCC1NC(c2ccccc2)c2cc(OCCCS(=O)(=O)O)ccc2SC1CC(O)CC(F)(F)F. The lowest BCUT2D eigenvalue weighted by atomic mass is 9.95. The Morgan fingerprint density at radius 1 is 1.17 bits per heavy atom. The molecule has 0 amide bonds. The number of aliphatic hydroxyl groups excluding tert-OH is 1. The Morgan fingerprint density at radius 2 is 1.89 bits per heavy atom. The highest BCUT2D eigenvalue weighted by atomic mass is 32.2. The van der Waals surface area contributed by atoms with Crippen LogP contribution in [0, 0.1) is 0 Å². The third-order valence-corrected chi connectivity index (χ3v) is 8.01. The second-order valence-corrected chi connectivity index (χ2v) is 11.4. The Balaban J connectivity index is 1.88. The number of hydrogen-bond donors (Lipinski definition) is 3. The molecule has 1 aliphatic rings. The van der Waals surface area contributed by atoms with Crippen molar-refractivity contribution >= 4 is 21.9 Å². The van der Waals surface area contributed by atoms with Crippen molar-refractivity contribution in [1.82, 2.24) is 5.32 Å². The highest BCUT2D eigenvalue weighted by Gasteiger charge is 2.36. The van der Waals surface area contributed by atoms with Crippen molar-refractivity contribution in [2.24, 2.45) is 0 Å². The van der Waals surface area contributed by atoms with E-state index in [1.807, 2.05) is 49.4 Å². The van der Waals surface area contributed by atoms with Gasteiger partial charge in [0.25, 0.3) is 10.1 Å².